The molecule has 1 heterocycles. The fourth-order valence-electron chi connectivity index (χ4n) is 4.02. The van der Waals surface area contributed by atoms with Gasteiger partial charge in [0.05, 0.1) is 23.6 Å². The number of aliphatic hydroxyl groups is 1. The third-order valence-electron chi connectivity index (χ3n) is 6.06. The van der Waals surface area contributed by atoms with Crippen molar-refractivity contribution in [2.24, 2.45) is 0 Å². The molecule has 2 aliphatic rings. The van der Waals surface area contributed by atoms with E-state index in [1.54, 1.807) is 36.6 Å². The lowest BCUT2D eigenvalue weighted by atomic mass is 9.84. The topological polar surface area (TPSA) is 119 Å². The Kier molecular flexibility index (Phi) is 7.58. The largest absolute Gasteiger partial charge is 0.492 e. The van der Waals surface area contributed by atoms with Crippen molar-refractivity contribution in [3.05, 3.63) is 65.0 Å². The van der Waals surface area contributed by atoms with Crippen LogP contribution in [0.3, 0.4) is 0 Å². The molecule has 0 aromatic carbocycles. The van der Waals surface area contributed by atoms with Crippen molar-refractivity contribution in [1.29, 1.82) is 5.41 Å². The number of hydrogen-bond acceptors (Lipinski definition) is 6. The van der Waals surface area contributed by atoms with E-state index >= 15 is 0 Å². The SMILES string of the molecule is CCOC1=CC(=N)/C(=C\N[C@H]2CC[C@](C)(O)CC2)C=C1NC(=O)c1cccc(C(C)C)[n+]1O. The first kappa shape index (κ1) is 24.5. The second kappa shape index (κ2) is 10.2. The number of ether oxygens (including phenoxy) is 1. The third-order valence-corrected chi connectivity index (χ3v) is 6.06. The van der Waals surface area contributed by atoms with Crippen molar-refractivity contribution in [1.82, 2.24) is 10.6 Å². The molecule has 0 unspecified atom stereocenters. The molecule has 178 valence electrons. The highest BCUT2D eigenvalue weighted by Crippen LogP contribution is 2.28. The third kappa shape index (κ3) is 6.01. The minimum atomic E-state index is -0.605. The minimum Gasteiger partial charge on any atom is -0.492 e. The lowest BCUT2D eigenvalue weighted by molar-refractivity contribution is -0.911. The average molecular weight is 456 g/mol. The molecule has 0 atom stereocenters. The highest BCUT2D eigenvalue weighted by atomic mass is 16.5. The zero-order valence-electron chi connectivity index (χ0n) is 19.8. The Morgan fingerprint density at radius 3 is 2.67 bits per heavy atom. The maximum atomic E-state index is 13.0. The Labute approximate surface area is 195 Å². The molecule has 5 N–H and O–H groups in total. The van der Waals surface area contributed by atoms with E-state index in [0.29, 0.717) is 29.3 Å². The molecule has 0 radical (unpaired) electrons. The van der Waals surface area contributed by atoms with Gasteiger partial charge in [-0.1, -0.05) is 13.8 Å². The van der Waals surface area contributed by atoms with Crippen LogP contribution in [0.5, 0.6) is 0 Å². The highest BCUT2D eigenvalue weighted by Gasteiger charge is 2.29. The van der Waals surface area contributed by atoms with Gasteiger partial charge in [0.1, 0.15) is 5.76 Å². The summed E-state index contributed by atoms with van der Waals surface area (Å²) in [5.74, 6) is -0.0431. The second-order valence-electron chi connectivity index (χ2n) is 9.21. The lowest BCUT2D eigenvalue weighted by Crippen LogP contribution is -2.45. The number of amides is 1. The van der Waals surface area contributed by atoms with Gasteiger partial charge in [-0.25, -0.2) is 0 Å². The molecular formula is C25H35N4O4+. The van der Waals surface area contributed by atoms with Crippen LogP contribution in [0, 0.1) is 5.41 Å². The standard InChI is InChI=1S/C25H34N4O4/c1-5-33-23-14-19(26)17(15-27-18-9-11-25(4,31)12-10-18)13-20(23)28-24(30)22-8-6-7-21(16(2)3)29(22)32/h6-8,13-16,18,26,30-32H,5,9-12H2,1-4H3/p+1/t18-,25-. The van der Waals surface area contributed by atoms with E-state index in [2.05, 4.69) is 10.6 Å². The quantitative estimate of drug-likeness (QED) is 0.320. The van der Waals surface area contributed by atoms with Crippen LogP contribution in [0.2, 0.25) is 0 Å². The van der Waals surface area contributed by atoms with Crippen LogP contribution in [0.25, 0.3) is 0 Å². The van der Waals surface area contributed by atoms with E-state index in [4.69, 9.17) is 10.1 Å². The molecular weight excluding hydrogens is 420 g/mol. The van der Waals surface area contributed by atoms with Crippen LogP contribution in [0.1, 0.15) is 75.5 Å². The normalized spacial score (nSPS) is 24.4. The predicted molar refractivity (Wildman–Crippen MR) is 125 cm³/mol. The number of hydrogen-bond donors (Lipinski definition) is 5. The predicted octanol–water partition coefficient (Wildman–Crippen LogP) is 3.07. The van der Waals surface area contributed by atoms with E-state index < -0.39 is 11.5 Å². The maximum Gasteiger partial charge on any atom is 0.325 e. The lowest BCUT2D eigenvalue weighted by Gasteiger charge is -2.33. The van der Waals surface area contributed by atoms with Gasteiger partial charge >= 0.3 is 11.6 Å². The van der Waals surface area contributed by atoms with Gasteiger partial charge in [-0.3, -0.25) is 10.0 Å². The summed E-state index contributed by atoms with van der Waals surface area (Å²) in [6.07, 6.45) is 8.21. The Hall–Kier alpha value is -3.13. The summed E-state index contributed by atoms with van der Waals surface area (Å²) in [7, 11) is 0. The number of aromatic nitrogens is 1. The number of carbonyl (C=O) groups is 1. The van der Waals surface area contributed by atoms with Crippen molar-refractivity contribution in [2.75, 3.05) is 6.61 Å². The Morgan fingerprint density at radius 1 is 1.33 bits per heavy atom. The molecule has 1 saturated carbocycles. The smallest absolute Gasteiger partial charge is 0.325 e. The number of allylic oxidation sites excluding steroid dienone is 3. The summed E-state index contributed by atoms with van der Waals surface area (Å²) in [4.78, 5) is 13.0. The Balaban J connectivity index is 1.80. The van der Waals surface area contributed by atoms with Crippen molar-refractivity contribution in [3.8, 4) is 0 Å². The zero-order valence-corrected chi connectivity index (χ0v) is 19.8. The van der Waals surface area contributed by atoms with Crippen LogP contribution in [-0.4, -0.2) is 40.2 Å². The van der Waals surface area contributed by atoms with Crippen molar-refractivity contribution < 1.29 is 24.6 Å². The van der Waals surface area contributed by atoms with E-state index in [1.165, 1.54) is 0 Å². The first-order valence-electron chi connectivity index (χ1n) is 11.5. The highest BCUT2D eigenvalue weighted by molar-refractivity contribution is 6.10. The molecule has 1 fully saturated rings. The summed E-state index contributed by atoms with van der Waals surface area (Å²) in [5.41, 5.74) is 1.43. The van der Waals surface area contributed by atoms with Gasteiger partial charge in [0.25, 0.3) is 0 Å². The molecule has 33 heavy (non-hydrogen) atoms. The first-order chi connectivity index (χ1) is 15.6. The number of nitrogens with zero attached hydrogens (tertiary/aromatic N) is 1. The molecule has 1 aromatic rings. The Morgan fingerprint density at radius 2 is 2.03 bits per heavy atom. The zero-order chi connectivity index (χ0) is 24.2. The second-order valence-corrected chi connectivity index (χ2v) is 9.21. The van der Waals surface area contributed by atoms with Gasteiger partial charge in [-0.2, -0.15) is 0 Å². The van der Waals surface area contributed by atoms with Gasteiger partial charge in [-0.05, 0) is 51.7 Å². The Bertz CT molecular complexity index is 998. The van der Waals surface area contributed by atoms with E-state index in [0.717, 1.165) is 30.4 Å². The first-order valence-corrected chi connectivity index (χ1v) is 11.5. The number of carbonyl (C=O) groups excluding carboxylic acids is 1. The van der Waals surface area contributed by atoms with E-state index in [1.807, 2.05) is 27.7 Å². The van der Waals surface area contributed by atoms with Crippen LogP contribution in [0.15, 0.2) is 53.6 Å². The summed E-state index contributed by atoms with van der Waals surface area (Å²) in [5, 5.41) is 35.2. The molecule has 1 aromatic heterocycles. The van der Waals surface area contributed by atoms with Gasteiger partial charge in [0, 0.05) is 46.7 Å². The van der Waals surface area contributed by atoms with Gasteiger partial charge < -0.3 is 25.9 Å². The molecule has 2 aliphatic carbocycles. The molecule has 3 rings (SSSR count). The molecule has 8 heteroatoms. The summed E-state index contributed by atoms with van der Waals surface area (Å²) in [6, 6.07) is 5.28. The van der Waals surface area contributed by atoms with Crippen LogP contribution >= 0.6 is 0 Å². The molecule has 1 amide bonds. The molecule has 0 spiro atoms. The van der Waals surface area contributed by atoms with Crippen molar-refractivity contribution >= 4 is 11.6 Å². The van der Waals surface area contributed by atoms with Crippen LogP contribution in [-0.2, 0) is 4.74 Å². The molecule has 0 aliphatic heterocycles. The van der Waals surface area contributed by atoms with E-state index in [-0.39, 0.29) is 23.4 Å². The number of nitrogens with one attached hydrogen (secondary N) is 3. The van der Waals surface area contributed by atoms with Gasteiger partial charge in [0.15, 0.2) is 0 Å². The fraction of sp³-hybridized carbons (Fsp3) is 0.480. The number of pyridine rings is 1. The van der Waals surface area contributed by atoms with Crippen LogP contribution in [0.4, 0.5) is 0 Å². The summed E-state index contributed by atoms with van der Waals surface area (Å²) < 4.78 is 6.56. The average Bonchev–Trinajstić information content (AvgIpc) is 2.75. The van der Waals surface area contributed by atoms with Crippen molar-refractivity contribution in [2.45, 2.75) is 70.9 Å². The molecule has 0 saturated heterocycles. The fourth-order valence-corrected chi connectivity index (χ4v) is 4.02. The van der Waals surface area contributed by atoms with Gasteiger partial charge in [0.2, 0.25) is 5.69 Å². The molecule has 8 nitrogen and oxygen atoms in total. The summed E-state index contributed by atoms with van der Waals surface area (Å²) in [6.45, 7) is 7.96. The van der Waals surface area contributed by atoms with Crippen molar-refractivity contribution in [3.63, 3.8) is 0 Å². The molecule has 0 bridgehead atoms. The number of rotatable bonds is 7. The maximum absolute atomic E-state index is 13.0. The van der Waals surface area contributed by atoms with E-state index in [9.17, 15) is 15.1 Å². The van der Waals surface area contributed by atoms with Gasteiger partial charge in [-0.15, -0.1) is 0 Å². The monoisotopic (exact) mass is 455 g/mol. The summed E-state index contributed by atoms with van der Waals surface area (Å²) >= 11 is 0. The van der Waals surface area contributed by atoms with Crippen LogP contribution < -0.4 is 15.4 Å². The minimum absolute atomic E-state index is 0.0418.